The molecule has 1 fully saturated rings. The first-order chi connectivity index (χ1) is 8.16. The number of amides is 1. The van der Waals surface area contributed by atoms with Crippen molar-refractivity contribution < 1.29 is 4.79 Å². The predicted molar refractivity (Wildman–Crippen MR) is 69.7 cm³/mol. The molecule has 0 spiro atoms. The van der Waals surface area contributed by atoms with Crippen molar-refractivity contribution in [3.8, 4) is 0 Å². The second-order valence-electron chi connectivity index (χ2n) is 5.51. The van der Waals surface area contributed by atoms with Gasteiger partial charge in [-0.2, -0.15) is 0 Å². The molecular weight excluding hydrogens is 212 g/mol. The summed E-state index contributed by atoms with van der Waals surface area (Å²) in [5.74, 6) is 1.68. The van der Waals surface area contributed by atoms with Crippen molar-refractivity contribution in [2.75, 3.05) is 26.2 Å². The van der Waals surface area contributed by atoms with Crippen molar-refractivity contribution >= 4 is 5.91 Å². The number of carbonyl (C=O) groups excluding carboxylic acids is 1. The summed E-state index contributed by atoms with van der Waals surface area (Å²) in [5, 5.41) is 2.94. The van der Waals surface area contributed by atoms with E-state index in [1.165, 1.54) is 12.8 Å². The van der Waals surface area contributed by atoms with E-state index < -0.39 is 0 Å². The molecule has 0 aromatic carbocycles. The number of hydrogen-bond acceptors (Lipinski definition) is 2. The van der Waals surface area contributed by atoms with Crippen molar-refractivity contribution in [2.45, 2.75) is 33.1 Å². The Balaban J connectivity index is 1.92. The lowest BCUT2D eigenvalue weighted by Gasteiger charge is -2.33. The molecule has 1 heterocycles. The first kappa shape index (κ1) is 12.6. The van der Waals surface area contributed by atoms with Gasteiger partial charge in [-0.3, -0.25) is 4.79 Å². The molecule has 0 bridgehead atoms. The zero-order valence-corrected chi connectivity index (χ0v) is 11.0. The first-order valence-electron chi connectivity index (χ1n) is 6.82. The van der Waals surface area contributed by atoms with Gasteiger partial charge in [-0.25, -0.2) is 0 Å². The third-order valence-corrected chi connectivity index (χ3v) is 4.22. The van der Waals surface area contributed by atoms with Gasteiger partial charge in [0.05, 0.1) is 0 Å². The van der Waals surface area contributed by atoms with Gasteiger partial charge in [0, 0.05) is 32.6 Å². The Labute approximate surface area is 104 Å². The second kappa shape index (κ2) is 5.67. The smallest absolute Gasteiger partial charge is 0.221 e. The van der Waals surface area contributed by atoms with Gasteiger partial charge < -0.3 is 10.2 Å². The molecular formula is C14H24N2O. The molecule has 0 unspecified atom stereocenters. The standard InChI is InChI=1S/C14H24N2O/c1-11-4-3-5-12(2)13(11)10-16-8-6-14(17)15-7-9-16/h4,12-13H,3,5-10H2,1-2H3,(H,15,17)/t12-,13-/m1/s1. The zero-order valence-electron chi connectivity index (χ0n) is 11.0. The van der Waals surface area contributed by atoms with Crippen LogP contribution in [0.25, 0.3) is 0 Å². The summed E-state index contributed by atoms with van der Waals surface area (Å²) in [4.78, 5) is 13.7. The highest BCUT2D eigenvalue weighted by Gasteiger charge is 2.25. The minimum absolute atomic E-state index is 0.205. The van der Waals surface area contributed by atoms with E-state index in [1.54, 1.807) is 5.57 Å². The fourth-order valence-electron chi connectivity index (χ4n) is 2.97. The quantitative estimate of drug-likeness (QED) is 0.742. The Morgan fingerprint density at radius 1 is 1.47 bits per heavy atom. The van der Waals surface area contributed by atoms with Crippen LogP contribution in [0.15, 0.2) is 11.6 Å². The molecule has 0 radical (unpaired) electrons. The molecule has 1 aliphatic heterocycles. The molecule has 0 saturated carbocycles. The van der Waals surface area contributed by atoms with Crippen LogP contribution >= 0.6 is 0 Å². The maximum absolute atomic E-state index is 11.3. The predicted octanol–water partition coefficient (Wildman–Crippen LogP) is 1.80. The molecule has 1 amide bonds. The minimum atomic E-state index is 0.205. The lowest BCUT2D eigenvalue weighted by atomic mass is 9.80. The third-order valence-electron chi connectivity index (χ3n) is 4.22. The third kappa shape index (κ3) is 3.32. The van der Waals surface area contributed by atoms with E-state index in [0.29, 0.717) is 12.3 Å². The number of nitrogens with zero attached hydrogens (tertiary/aromatic N) is 1. The van der Waals surface area contributed by atoms with Crippen LogP contribution in [0, 0.1) is 11.8 Å². The highest BCUT2D eigenvalue weighted by atomic mass is 16.1. The van der Waals surface area contributed by atoms with E-state index in [4.69, 9.17) is 0 Å². The average molecular weight is 236 g/mol. The molecule has 3 heteroatoms. The van der Waals surface area contributed by atoms with Gasteiger partial charge in [0.15, 0.2) is 0 Å². The maximum Gasteiger partial charge on any atom is 0.221 e. The molecule has 1 N–H and O–H groups in total. The molecule has 96 valence electrons. The average Bonchev–Trinajstić information content (AvgIpc) is 2.49. The maximum atomic E-state index is 11.3. The van der Waals surface area contributed by atoms with Gasteiger partial charge in [0.1, 0.15) is 0 Å². The Kier molecular flexibility index (Phi) is 4.21. The van der Waals surface area contributed by atoms with Crippen molar-refractivity contribution in [2.24, 2.45) is 11.8 Å². The van der Waals surface area contributed by atoms with E-state index in [0.717, 1.165) is 32.1 Å². The summed E-state index contributed by atoms with van der Waals surface area (Å²) in [6, 6.07) is 0. The van der Waals surface area contributed by atoms with Crippen LogP contribution in [0.3, 0.4) is 0 Å². The molecule has 2 atom stereocenters. The van der Waals surface area contributed by atoms with Crippen molar-refractivity contribution in [3.05, 3.63) is 11.6 Å². The van der Waals surface area contributed by atoms with E-state index in [-0.39, 0.29) is 5.91 Å². The SMILES string of the molecule is CC1=CCC[C@@H](C)[C@@H]1CN1CCNC(=O)CC1. The van der Waals surface area contributed by atoms with E-state index in [2.05, 4.69) is 30.1 Å². The minimum Gasteiger partial charge on any atom is -0.355 e. The number of hydrogen-bond donors (Lipinski definition) is 1. The van der Waals surface area contributed by atoms with Crippen LogP contribution in [-0.4, -0.2) is 37.0 Å². The van der Waals surface area contributed by atoms with Gasteiger partial charge in [-0.15, -0.1) is 0 Å². The molecule has 0 aromatic rings. The largest absolute Gasteiger partial charge is 0.355 e. The number of nitrogens with one attached hydrogen (secondary N) is 1. The van der Waals surface area contributed by atoms with Crippen molar-refractivity contribution in [3.63, 3.8) is 0 Å². The summed E-state index contributed by atoms with van der Waals surface area (Å²) in [6.45, 7) is 8.48. The van der Waals surface area contributed by atoms with Gasteiger partial charge in [0.25, 0.3) is 0 Å². The summed E-state index contributed by atoms with van der Waals surface area (Å²) >= 11 is 0. The molecule has 1 saturated heterocycles. The number of rotatable bonds is 2. The topological polar surface area (TPSA) is 32.3 Å². The van der Waals surface area contributed by atoms with Gasteiger partial charge >= 0.3 is 0 Å². The van der Waals surface area contributed by atoms with E-state index >= 15 is 0 Å². The van der Waals surface area contributed by atoms with Gasteiger partial charge in [0.2, 0.25) is 5.91 Å². The summed E-state index contributed by atoms with van der Waals surface area (Å²) in [6.07, 6.45) is 5.60. The van der Waals surface area contributed by atoms with E-state index in [1.807, 2.05) is 0 Å². The van der Waals surface area contributed by atoms with Crippen molar-refractivity contribution in [1.29, 1.82) is 0 Å². The molecule has 17 heavy (non-hydrogen) atoms. The highest BCUT2D eigenvalue weighted by molar-refractivity contribution is 5.76. The van der Waals surface area contributed by atoms with Crippen LogP contribution < -0.4 is 5.32 Å². The summed E-state index contributed by atoms with van der Waals surface area (Å²) in [7, 11) is 0. The lowest BCUT2D eigenvalue weighted by Crippen LogP contribution is -2.36. The Morgan fingerprint density at radius 2 is 2.29 bits per heavy atom. The molecule has 2 aliphatic rings. The number of carbonyl (C=O) groups is 1. The van der Waals surface area contributed by atoms with Crippen LogP contribution in [0.1, 0.15) is 33.1 Å². The van der Waals surface area contributed by atoms with Crippen LogP contribution in [0.5, 0.6) is 0 Å². The fraction of sp³-hybridized carbons (Fsp3) is 0.786. The second-order valence-corrected chi connectivity index (χ2v) is 5.51. The Hall–Kier alpha value is -0.830. The van der Waals surface area contributed by atoms with Gasteiger partial charge in [-0.1, -0.05) is 18.6 Å². The number of allylic oxidation sites excluding steroid dienone is 1. The summed E-state index contributed by atoms with van der Waals surface area (Å²) < 4.78 is 0. The summed E-state index contributed by atoms with van der Waals surface area (Å²) in [5.41, 5.74) is 1.55. The Morgan fingerprint density at radius 3 is 3.06 bits per heavy atom. The molecule has 1 aliphatic carbocycles. The van der Waals surface area contributed by atoms with Crippen LogP contribution in [0.2, 0.25) is 0 Å². The van der Waals surface area contributed by atoms with Gasteiger partial charge in [-0.05, 0) is 31.6 Å². The van der Waals surface area contributed by atoms with Crippen LogP contribution in [0.4, 0.5) is 0 Å². The molecule has 2 rings (SSSR count). The fourth-order valence-corrected chi connectivity index (χ4v) is 2.97. The van der Waals surface area contributed by atoms with E-state index in [9.17, 15) is 4.79 Å². The Bertz CT molecular complexity index is 311. The lowest BCUT2D eigenvalue weighted by molar-refractivity contribution is -0.120. The normalized spacial score (nSPS) is 31.6. The highest BCUT2D eigenvalue weighted by Crippen LogP contribution is 2.30. The monoisotopic (exact) mass is 236 g/mol. The van der Waals surface area contributed by atoms with Crippen molar-refractivity contribution in [1.82, 2.24) is 10.2 Å². The molecule has 0 aromatic heterocycles. The zero-order chi connectivity index (χ0) is 12.3. The molecule has 3 nitrogen and oxygen atoms in total. The first-order valence-corrected chi connectivity index (χ1v) is 6.82. The van der Waals surface area contributed by atoms with Crippen LogP contribution in [-0.2, 0) is 4.79 Å².